The molecule has 5 heteroatoms. The zero-order chi connectivity index (χ0) is 17.8. The molecule has 0 fully saturated rings. The van der Waals surface area contributed by atoms with Crippen LogP contribution in [0.3, 0.4) is 0 Å². The number of carbonyl (C=O) groups excluding carboxylic acids is 2. The maximum atomic E-state index is 12.2. The van der Waals surface area contributed by atoms with E-state index in [1.807, 2.05) is 12.1 Å². The smallest absolute Gasteiger partial charge is 0.255 e. The minimum Gasteiger partial charge on any atom is -0.326 e. The molecule has 0 saturated carbocycles. The Hall–Kier alpha value is -3.65. The van der Waals surface area contributed by atoms with E-state index in [4.69, 9.17) is 5.26 Å². The van der Waals surface area contributed by atoms with Crippen LogP contribution in [-0.4, -0.2) is 11.8 Å². The largest absolute Gasteiger partial charge is 0.326 e. The summed E-state index contributed by atoms with van der Waals surface area (Å²) in [5.41, 5.74) is 4.24. The first-order chi connectivity index (χ1) is 12.0. The minimum absolute atomic E-state index is 0.131. The van der Waals surface area contributed by atoms with Gasteiger partial charge in [0, 0.05) is 23.9 Å². The van der Waals surface area contributed by atoms with Crippen LogP contribution in [-0.2, 0) is 9.59 Å². The summed E-state index contributed by atoms with van der Waals surface area (Å²) < 4.78 is 0. The third-order valence-corrected chi connectivity index (χ3v) is 3.69. The maximum absolute atomic E-state index is 12.2. The summed E-state index contributed by atoms with van der Waals surface area (Å²) in [5, 5.41) is 14.4. The van der Waals surface area contributed by atoms with Crippen molar-refractivity contribution in [1.29, 1.82) is 5.26 Å². The molecular formula is C20H15N3O2. The fraction of sp³-hybridized carbons (Fsp3) is 0.0500. The monoisotopic (exact) mass is 329 g/mol. The van der Waals surface area contributed by atoms with Crippen molar-refractivity contribution in [2.24, 2.45) is 0 Å². The average molecular weight is 329 g/mol. The van der Waals surface area contributed by atoms with E-state index in [0.29, 0.717) is 22.5 Å². The molecule has 25 heavy (non-hydrogen) atoms. The number of nitrogens with one attached hydrogen (secondary N) is 2. The highest BCUT2D eigenvalue weighted by atomic mass is 16.2. The lowest BCUT2D eigenvalue weighted by molar-refractivity contribution is -0.116. The lowest BCUT2D eigenvalue weighted by Gasteiger charge is -2.05. The summed E-state index contributed by atoms with van der Waals surface area (Å²) >= 11 is 0. The number of anilines is 1. The van der Waals surface area contributed by atoms with E-state index in [2.05, 4.69) is 16.7 Å². The second-order valence-electron chi connectivity index (χ2n) is 5.60. The van der Waals surface area contributed by atoms with E-state index in [9.17, 15) is 9.59 Å². The van der Waals surface area contributed by atoms with Gasteiger partial charge in [-0.2, -0.15) is 5.26 Å². The van der Waals surface area contributed by atoms with E-state index in [1.165, 1.54) is 6.92 Å². The molecule has 1 heterocycles. The van der Waals surface area contributed by atoms with Gasteiger partial charge in [-0.15, -0.1) is 0 Å². The number of nitrogens with zero attached hydrogens (tertiary/aromatic N) is 1. The molecule has 1 aliphatic heterocycles. The fourth-order valence-electron chi connectivity index (χ4n) is 2.48. The molecule has 122 valence electrons. The molecule has 0 unspecified atom stereocenters. The molecule has 0 radical (unpaired) electrons. The molecule has 0 aliphatic carbocycles. The van der Waals surface area contributed by atoms with Crippen molar-refractivity contribution in [3.8, 4) is 6.07 Å². The second-order valence-corrected chi connectivity index (χ2v) is 5.60. The Morgan fingerprint density at radius 2 is 1.80 bits per heavy atom. The first-order valence-corrected chi connectivity index (χ1v) is 7.68. The van der Waals surface area contributed by atoms with Crippen LogP contribution in [0.4, 0.5) is 5.69 Å². The summed E-state index contributed by atoms with van der Waals surface area (Å²) in [6.45, 7) is 1.45. The molecule has 0 aromatic heterocycles. The number of hydrogen-bond acceptors (Lipinski definition) is 3. The van der Waals surface area contributed by atoms with Gasteiger partial charge in [0.15, 0.2) is 0 Å². The average Bonchev–Trinajstić information content (AvgIpc) is 2.96. The predicted molar refractivity (Wildman–Crippen MR) is 96.0 cm³/mol. The van der Waals surface area contributed by atoms with Crippen molar-refractivity contribution in [2.45, 2.75) is 6.92 Å². The van der Waals surface area contributed by atoms with Crippen molar-refractivity contribution in [3.63, 3.8) is 0 Å². The van der Waals surface area contributed by atoms with Gasteiger partial charge in [-0.25, -0.2) is 0 Å². The predicted octanol–water partition coefficient (Wildman–Crippen LogP) is 3.07. The number of amides is 2. The molecular weight excluding hydrogens is 314 g/mol. The molecule has 3 rings (SSSR count). The van der Waals surface area contributed by atoms with E-state index in [0.717, 1.165) is 11.1 Å². The Morgan fingerprint density at radius 1 is 1.12 bits per heavy atom. The van der Waals surface area contributed by atoms with Crippen LogP contribution >= 0.6 is 0 Å². The van der Waals surface area contributed by atoms with Crippen LogP contribution in [0.1, 0.15) is 23.6 Å². The Morgan fingerprint density at radius 3 is 2.40 bits per heavy atom. The highest BCUT2D eigenvalue weighted by Gasteiger charge is 2.19. The zero-order valence-corrected chi connectivity index (χ0v) is 13.5. The lowest BCUT2D eigenvalue weighted by Crippen LogP contribution is -2.15. The molecule has 0 bridgehead atoms. The van der Waals surface area contributed by atoms with Gasteiger partial charge >= 0.3 is 0 Å². The van der Waals surface area contributed by atoms with Crippen molar-refractivity contribution in [1.82, 2.24) is 5.32 Å². The SMILES string of the molecule is CC(=O)Nc1ccc(C2=C/C(=C/c3ccc(C#N)cc3)C(=O)N2)cc1. The topological polar surface area (TPSA) is 82.0 Å². The van der Waals surface area contributed by atoms with Gasteiger partial charge in [0.25, 0.3) is 5.91 Å². The molecule has 0 saturated heterocycles. The van der Waals surface area contributed by atoms with E-state index in [-0.39, 0.29) is 11.8 Å². The van der Waals surface area contributed by atoms with Crippen LogP contribution in [0.15, 0.2) is 60.2 Å². The first kappa shape index (κ1) is 16.2. The van der Waals surface area contributed by atoms with E-state index >= 15 is 0 Å². The Bertz CT molecular complexity index is 930. The molecule has 5 nitrogen and oxygen atoms in total. The van der Waals surface area contributed by atoms with Crippen LogP contribution in [0, 0.1) is 11.3 Å². The summed E-state index contributed by atoms with van der Waals surface area (Å²) in [4.78, 5) is 23.2. The first-order valence-electron chi connectivity index (χ1n) is 7.68. The minimum atomic E-state index is -0.176. The molecule has 2 aromatic rings. The summed E-state index contributed by atoms with van der Waals surface area (Å²) in [6.07, 6.45) is 3.56. The third-order valence-electron chi connectivity index (χ3n) is 3.69. The number of rotatable bonds is 3. The van der Waals surface area contributed by atoms with Gasteiger partial charge < -0.3 is 10.6 Å². The Kier molecular flexibility index (Phi) is 4.44. The van der Waals surface area contributed by atoms with Gasteiger partial charge in [0.1, 0.15) is 0 Å². The van der Waals surface area contributed by atoms with E-state index in [1.54, 1.807) is 48.6 Å². The molecule has 1 aliphatic rings. The van der Waals surface area contributed by atoms with Gasteiger partial charge in [0.2, 0.25) is 5.91 Å². The zero-order valence-electron chi connectivity index (χ0n) is 13.5. The normalized spacial score (nSPS) is 14.6. The third kappa shape index (κ3) is 3.82. The Balaban J connectivity index is 1.83. The van der Waals surface area contributed by atoms with E-state index < -0.39 is 0 Å². The number of nitriles is 1. The van der Waals surface area contributed by atoms with Gasteiger partial charge in [0.05, 0.1) is 11.6 Å². The maximum Gasteiger partial charge on any atom is 0.255 e. The van der Waals surface area contributed by atoms with Gasteiger partial charge in [-0.05, 0) is 47.5 Å². The molecule has 0 atom stereocenters. The van der Waals surface area contributed by atoms with Crippen molar-refractivity contribution >= 4 is 29.3 Å². The molecule has 2 amide bonds. The number of carbonyl (C=O) groups is 2. The standard InChI is InChI=1S/C20H15N3O2/c1-13(24)22-18-8-6-16(7-9-18)19-11-17(20(25)23-19)10-14-2-4-15(12-21)5-3-14/h2-11H,1H3,(H,22,24)(H,23,25)/b17-10-. The summed E-state index contributed by atoms with van der Waals surface area (Å²) in [6, 6.07) is 16.3. The molecule has 2 N–H and O–H groups in total. The molecule has 2 aromatic carbocycles. The highest BCUT2D eigenvalue weighted by molar-refractivity contribution is 6.10. The lowest BCUT2D eigenvalue weighted by atomic mass is 10.1. The van der Waals surface area contributed by atoms with Crippen LogP contribution in [0.5, 0.6) is 0 Å². The van der Waals surface area contributed by atoms with Crippen LogP contribution < -0.4 is 10.6 Å². The summed E-state index contributed by atoms with van der Waals surface area (Å²) in [7, 11) is 0. The number of hydrogen-bond donors (Lipinski definition) is 2. The van der Waals surface area contributed by atoms with Gasteiger partial charge in [-0.3, -0.25) is 9.59 Å². The number of benzene rings is 2. The Labute approximate surface area is 145 Å². The van der Waals surface area contributed by atoms with Crippen molar-refractivity contribution in [2.75, 3.05) is 5.32 Å². The summed E-state index contributed by atoms with van der Waals surface area (Å²) in [5.74, 6) is -0.306. The van der Waals surface area contributed by atoms with Crippen molar-refractivity contribution < 1.29 is 9.59 Å². The molecule has 0 spiro atoms. The second kappa shape index (κ2) is 6.85. The van der Waals surface area contributed by atoms with Crippen LogP contribution in [0.25, 0.3) is 11.8 Å². The highest BCUT2D eigenvalue weighted by Crippen LogP contribution is 2.23. The van der Waals surface area contributed by atoms with Gasteiger partial charge in [-0.1, -0.05) is 24.3 Å². The van der Waals surface area contributed by atoms with Crippen molar-refractivity contribution in [3.05, 3.63) is 76.9 Å². The quantitative estimate of drug-likeness (QED) is 0.849. The van der Waals surface area contributed by atoms with Crippen LogP contribution in [0.2, 0.25) is 0 Å². The fourth-order valence-corrected chi connectivity index (χ4v) is 2.48.